The minimum absolute atomic E-state index is 0.00222. The number of hydrogen-bond donors (Lipinski definition) is 2. The zero-order valence-corrected chi connectivity index (χ0v) is 11.6. The number of rotatable bonds is 2. The third-order valence-electron chi connectivity index (χ3n) is 3.69. The van der Waals surface area contributed by atoms with E-state index in [1.165, 1.54) is 11.1 Å². The molecule has 2 heterocycles. The molecule has 102 valence electrons. The van der Waals surface area contributed by atoms with E-state index < -0.39 is 0 Å². The molecule has 0 saturated heterocycles. The van der Waals surface area contributed by atoms with E-state index in [0.717, 1.165) is 22.5 Å². The molecule has 0 atom stereocenters. The van der Waals surface area contributed by atoms with Gasteiger partial charge in [-0.25, -0.2) is 4.98 Å². The van der Waals surface area contributed by atoms with E-state index in [9.17, 15) is 5.11 Å². The van der Waals surface area contributed by atoms with Gasteiger partial charge >= 0.3 is 0 Å². The van der Waals surface area contributed by atoms with Crippen LogP contribution in [0.1, 0.15) is 16.7 Å². The minimum Gasteiger partial charge on any atom is -0.392 e. The number of imidazole rings is 1. The van der Waals surface area contributed by atoms with Crippen molar-refractivity contribution in [3.05, 3.63) is 53.2 Å². The van der Waals surface area contributed by atoms with Crippen molar-refractivity contribution in [1.82, 2.24) is 9.38 Å². The summed E-state index contributed by atoms with van der Waals surface area (Å²) in [6.07, 6.45) is 1.84. The van der Waals surface area contributed by atoms with E-state index >= 15 is 0 Å². The Kier molecular flexibility index (Phi) is 2.95. The number of aromatic nitrogens is 2. The van der Waals surface area contributed by atoms with E-state index in [1.807, 2.05) is 28.8 Å². The van der Waals surface area contributed by atoms with Gasteiger partial charge in [0.15, 0.2) is 0 Å². The number of anilines is 1. The highest BCUT2D eigenvalue weighted by Crippen LogP contribution is 2.28. The Morgan fingerprint density at radius 1 is 1.15 bits per heavy atom. The van der Waals surface area contributed by atoms with Crippen molar-refractivity contribution in [1.29, 1.82) is 0 Å². The van der Waals surface area contributed by atoms with Gasteiger partial charge in [0, 0.05) is 11.8 Å². The quantitative estimate of drug-likeness (QED) is 0.750. The molecule has 3 N–H and O–H groups in total. The standard InChI is InChI=1S/C16H17N3O/c1-10-3-4-13(7-11(10)2)15-16(17)19-6-5-12(9-20)8-14(19)18-15/h3-8,20H,9,17H2,1-2H3. The third-order valence-corrected chi connectivity index (χ3v) is 3.69. The van der Waals surface area contributed by atoms with Gasteiger partial charge in [-0.2, -0.15) is 0 Å². The molecule has 0 bridgehead atoms. The Hall–Kier alpha value is -2.33. The molecule has 0 amide bonds. The summed E-state index contributed by atoms with van der Waals surface area (Å²) in [4.78, 5) is 4.59. The smallest absolute Gasteiger partial charge is 0.139 e. The fraction of sp³-hybridized carbons (Fsp3) is 0.188. The number of fused-ring (bicyclic) bond motifs is 1. The molecule has 1 aromatic carbocycles. The van der Waals surface area contributed by atoms with Gasteiger partial charge in [0.25, 0.3) is 0 Å². The number of benzene rings is 1. The highest BCUT2D eigenvalue weighted by atomic mass is 16.3. The van der Waals surface area contributed by atoms with Crippen molar-refractivity contribution < 1.29 is 5.11 Å². The van der Waals surface area contributed by atoms with Crippen molar-refractivity contribution in [3.63, 3.8) is 0 Å². The zero-order chi connectivity index (χ0) is 14.3. The van der Waals surface area contributed by atoms with E-state index in [-0.39, 0.29) is 6.61 Å². The molecule has 3 aromatic rings. The van der Waals surface area contributed by atoms with Gasteiger partial charge < -0.3 is 10.8 Å². The summed E-state index contributed by atoms with van der Waals surface area (Å²) >= 11 is 0. The number of aliphatic hydroxyl groups is 1. The van der Waals surface area contributed by atoms with Crippen molar-refractivity contribution >= 4 is 11.5 Å². The predicted molar refractivity (Wildman–Crippen MR) is 80.4 cm³/mol. The molecule has 0 fully saturated rings. The first-order valence-corrected chi connectivity index (χ1v) is 6.55. The number of nitrogens with zero attached hydrogens (tertiary/aromatic N) is 2. The molecule has 4 nitrogen and oxygen atoms in total. The molecule has 2 aromatic heterocycles. The molecular formula is C16H17N3O. The highest BCUT2D eigenvalue weighted by molar-refractivity contribution is 5.75. The summed E-state index contributed by atoms with van der Waals surface area (Å²) in [5.74, 6) is 0.618. The topological polar surface area (TPSA) is 63.5 Å². The Morgan fingerprint density at radius 3 is 2.65 bits per heavy atom. The fourth-order valence-corrected chi connectivity index (χ4v) is 2.31. The number of nitrogens with two attached hydrogens (primary N) is 1. The zero-order valence-electron chi connectivity index (χ0n) is 11.6. The summed E-state index contributed by atoms with van der Waals surface area (Å²) < 4.78 is 1.84. The van der Waals surface area contributed by atoms with Gasteiger partial charge in [-0.05, 0) is 48.7 Å². The van der Waals surface area contributed by atoms with Crippen molar-refractivity contribution in [2.75, 3.05) is 5.73 Å². The Balaban J connectivity index is 2.20. The van der Waals surface area contributed by atoms with Gasteiger partial charge in [-0.15, -0.1) is 0 Å². The lowest BCUT2D eigenvalue weighted by molar-refractivity contribution is 0.282. The van der Waals surface area contributed by atoms with Crippen molar-refractivity contribution in [3.8, 4) is 11.3 Å². The van der Waals surface area contributed by atoms with Gasteiger partial charge in [0.1, 0.15) is 17.2 Å². The van der Waals surface area contributed by atoms with E-state index in [2.05, 4.69) is 31.0 Å². The van der Waals surface area contributed by atoms with E-state index in [0.29, 0.717) is 5.82 Å². The number of nitrogen functional groups attached to an aromatic ring is 1. The highest BCUT2D eigenvalue weighted by Gasteiger charge is 2.12. The molecule has 20 heavy (non-hydrogen) atoms. The molecule has 0 radical (unpaired) electrons. The second kappa shape index (κ2) is 4.65. The lowest BCUT2D eigenvalue weighted by Crippen LogP contribution is -1.95. The number of hydrogen-bond acceptors (Lipinski definition) is 3. The van der Waals surface area contributed by atoms with Gasteiger partial charge in [0.2, 0.25) is 0 Å². The Labute approximate surface area is 117 Å². The van der Waals surface area contributed by atoms with Gasteiger partial charge in [-0.3, -0.25) is 4.40 Å². The Morgan fingerprint density at radius 2 is 1.95 bits per heavy atom. The van der Waals surface area contributed by atoms with Gasteiger partial charge in [0.05, 0.1) is 6.61 Å². The van der Waals surface area contributed by atoms with Crippen LogP contribution in [0.2, 0.25) is 0 Å². The normalized spacial score (nSPS) is 11.2. The number of aliphatic hydroxyl groups excluding tert-OH is 1. The first-order chi connectivity index (χ1) is 9.60. The second-order valence-electron chi connectivity index (χ2n) is 5.07. The molecule has 4 heteroatoms. The summed E-state index contributed by atoms with van der Waals surface area (Å²) in [7, 11) is 0. The number of pyridine rings is 1. The van der Waals surface area contributed by atoms with Crippen LogP contribution >= 0.6 is 0 Å². The SMILES string of the molecule is Cc1ccc(-c2nc3cc(CO)ccn3c2N)cc1C. The average molecular weight is 267 g/mol. The van der Waals surface area contributed by atoms with E-state index in [1.54, 1.807) is 0 Å². The molecule has 0 aliphatic carbocycles. The monoisotopic (exact) mass is 267 g/mol. The predicted octanol–water partition coefficient (Wildman–Crippen LogP) is 2.69. The molecule has 0 aliphatic rings. The van der Waals surface area contributed by atoms with Crippen molar-refractivity contribution in [2.24, 2.45) is 0 Å². The Bertz CT molecular complexity index is 790. The first kappa shape index (κ1) is 12.7. The van der Waals surface area contributed by atoms with Crippen LogP contribution in [-0.4, -0.2) is 14.5 Å². The second-order valence-corrected chi connectivity index (χ2v) is 5.07. The van der Waals surface area contributed by atoms with Crippen LogP contribution < -0.4 is 5.73 Å². The molecule has 0 unspecified atom stereocenters. The maximum atomic E-state index is 9.19. The maximum absolute atomic E-state index is 9.19. The molecule has 0 aliphatic heterocycles. The fourth-order valence-electron chi connectivity index (χ4n) is 2.31. The minimum atomic E-state index is 0.00222. The summed E-state index contributed by atoms with van der Waals surface area (Å²) in [6.45, 7) is 4.16. The molecule has 0 saturated carbocycles. The van der Waals surface area contributed by atoms with Crippen LogP contribution in [0, 0.1) is 13.8 Å². The molecule has 0 spiro atoms. The van der Waals surface area contributed by atoms with Crippen LogP contribution in [0.3, 0.4) is 0 Å². The van der Waals surface area contributed by atoms with Gasteiger partial charge in [-0.1, -0.05) is 12.1 Å². The lowest BCUT2D eigenvalue weighted by Gasteiger charge is -2.03. The average Bonchev–Trinajstić information content (AvgIpc) is 2.78. The van der Waals surface area contributed by atoms with E-state index in [4.69, 9.17) is 5.73 Å². The van der Waals surface area contributed by atoms with Crippen molar-refractivity contribution in [2.45, 2.75) is 20.5 Å². The van der Waals surface area contributed by atoms with Crippen LogP contribution in [0.4, 0.5) is 5.82 Å². The largest absolute Gasteiger partial charge is 0.392 e. The summed E-state index contributed by atoms with van der Waals surface area (Å²) in [5.41, 5.74) is 12.0. The third kappa shape index (κ3) is 1.94. The first-order valence-electron chi connectivity index (χ1n) is 6.55. The lowest BCUT2D eigenvalue weighted by atomic mass is 10.0. The van der Waals surface area contributed by atoms with Crippen LogP contribution in [0.5, 0.6) is 0 Å². The van der Waals surface area contributed by atoms with Crippen LogP contribution in [0.15, 0.2) is 36.5 Å². The van der Waals surface area contributed by atoms with Crippen LogP contribution in [0.25, 0.3) is 16.9 Å². The molecular weight excluding hydrogens is 250 g/mol. The van der Waals surface area contributed by atoms with Crippen LogP contribution in [-0.2, 0) is 6.61 Å². The summed E-state index contributed by atoms with van der Waals surface area (Å²) in [5, 5.41) is 9.19. The summed E-state index contributed by atoms with van der Waals surface area (Å²) in [6, 6.07) is 9.90. The number of aryl methyl sites for hydroxylation is 2. The maximum Gasteiger partial charge on any atom is 0.139 e. The molecule has 3 rings (SSSR count).